The van der Waals surface area contributed by atoms with E-state index in [2.05, 4.69) is 6.07 Å². The lowest BCUT2D eigenvalue weighted by atomic mass is 10.2. The van der Waals surface area contributed by atoms with Gasteiger partial charge in [-0.2, -0.15) is 0 Å². The van der Waals surface area contributed by atoms with Crippen molar-refractivity contribution in [2.24, 2.45) is 0 Å². The molecule has 1 aliphatic heterocycles. The quantitative estimate of drug-likeness (QED) is 0.851. The van der Waals surface area contributed by atoms with Crippen LogP contribution in [0.5, 0.6) is 11.5 Å². The molecular formula is C17H19NO3S. The number of carbonyl (C=O) groups excluding carboxylic acids is 1. The van der Waals surface area contributed by atoms with Crippen LogP contribution >= 0.6 is 11.3 Å². The van der Waals surface area contributed by atoms with E-state index in [1.165, 1.54) is 4.88 Å². The number of para-hydroxylation sites is 2. The Kier molecular flexibility index (Phi) is 4.63. The van der Waals surface area contributed by atoms with Crippen LogP contribution in [0.4, 0.5) is 0 Å². The van der Waals surface area contributed by atoms with Gasteiger partial charge in [0.2, 0.25) is 5.91 Å². The van der Waals surface area contributed by atoms with Gasteiger partial charge in [0.25, 0.3) is 0 Å². The van der Waals surface area contributed by atoms with E-state index in [1.54, 1.807) is 16.2 Å². The van der Waals surface area contributed by atoms with Crippen molar-refractivity contribution in [3.05, 3.63) is 46.7 Å². The van der Waals surface area contributed by atoms with Crippen LogP contribution in [0.15, 0.2) is 41.8 Å². The summed E-state index contributed by atoms with van der Waals surface area (Å²) in [6.45, 7) is 1.01. The van der Waals surface area contributed by atoms with E-state index in [-0.39, 0.29) is 12.0 Å². The minimum Gasteiger partial charge on any atom is -0.486 e. The van der Waals surface area contributed by atoms with Crippen LogP contribution in [0.3, 0.4) is 0 Å². The van der Waals surface area contributed by atoms with Gasteiger partial charge in [-0.15, -0.1) is 11.3 Å². The maximum absolute atomic E-state index is 12.2. The van der Waals surface area contributed by atoms with Gasteiger partial charge < -0.3 is 14.4 Å². The molecule has 0 unspecified atom stereocenters. The first-order valence-electron chi connectivity index (χ1n) is 7.37. The molecule has 0 saturated heterocycles. The highest BCUT2D eigenvalue weighted by Crippen LogP contribution is 2.30. The predicted molar refractivity (Wildman–Crippen MR) is 86.6 cm³/mol. The molecular weight excluding hydrogens is 298 g/mol. The van der Waals surface area contributed by atoms with E-state index in [4.69, 9.17) is 9.47 Å². The van der Waals surface area contributed by atoms with Crippen LogP contribution in [0.1, 0.15) is 11.3 Å². The fraction of sp³-hybridized carbons (Fsp3) is 0.353. The van der Waals surface area contributed by atoms with Crippen molar-refractivity contribution in [2.75, 3.05) is 20.2 Å². The van der Waals surface area contributed by atoms with Gasteiger partial charge in [-0.3, -0.25) is 4.79 Å². The fourth-order valence-electron chi connectivity index (χ4n) is 2.44. The lowest BCUT2D eigenvalue weighted by Crippen LogP contribution is -2.41. The number of ether oxygens (including phenoxy) is 2. The molecule has 22 heavy (non-hydrogen) atoms. The lowest BCUT2D eigenvalue weighted by molar-refractivity contribution is -0.131. The number of hydrogen-bond acceptors (Lipinski definition) is 4. The third kappa shape index (κ3) is 3.60. The maximum atomic E-state index is 12.2. The lowest BCUT2D eigenvalue weighted by Gasteiger charge is -2.29. The summed E-state index contributed by atoms with van der Waals surface area (Å²) < 4.78 is 11.6. The van der Waals surface area contributed by atoms with Crippen LogP contribution in [0, 0.1) is 0 Å². The normalized spacial score (nSPS) is 16.3. The zero-order valence-corrected chi connectivity index (χ0v) is 13.3. The van der Waals surface area contributed by atoms with Crippen molar-refractivity contribution < 1.29 is 14.3 Å². The summed E-state index contributed by atoms with van der Waals surface area (Å²) in [6.07, 6.45) is 1.21. The Morgan fingerprint density at radius 3 is 2.86 bits per heavy atom. The number of fused-ring (bicyclic) bond motifs is 1. The minimum atomic E-state index is -0.120. The van der Waals surface area contributed by atoms with Gasteiger partial charge in [0, 0.05) is 18.3 Å². The van der Waals surface area contributed by atoms with Crippen LogP contribution in [0.25, 0.3) is 0 Å². The van der Waals surface area contributed by atoms with Crippen molar-refractivity contribution >= 4 is 17.2 Å². The molecule has 1 atom stereocenters. The molecule has 2 aromatic rings. The van der Waals surface area contributed by atoms with Crippen molar-refractivity contribution in [1.82, 2.24) is 4.90 Å². The number of hydrogen-bond donors (Lipinski definition) is 0. The second-order valence-electron chi connectivity index (χ2n) is 5.35. The Morgan fingerprint density at radius 2 is 2.09 bits per heavy atom. The molecule has 0 spiro atoms. The van der Waals surface area contributed by atoms with Crippen molar-refractivity contribution in [3.8, 4) is 11.5 Å². The van der Waals surface area contributed by atoms with Crippen LogP contribution in [0.2, 0.25) is 0 Å². The molecule has 2 heterocycles. The molecule has 0 N–H and O–H groups in total. The maximum Gasteiger partial charge on any atom is 0.222 e. The van der Waals surface area contributed by atoms with Crippen LogP contribution in [-0.4, -0.2) is 37.1 Å². The summed E-state index contributed by atoms with van der Waals surface area (Å²) in [5.41, 5.74) is 0. The van der Waals surface area contributed by atoms with Gasteiger partial charge in [-0.1, -0.05) is 18.2 Å². The number of thiophene rings is 1. The summed E-state index contributed by atoms with van der Waals surface area (Å²) in [4.78, 5) is 15.2. The molecule has 4 nitrogen and oxygen atoms in total. The molecule has 0 aliphatic carbocycles. The summed E-state index contributed by atoms with van der Waals surface area (Å²) in [5, 5.41) is 2.04. The van der Waals surface area contributed by atoms with E-state index in [9.17, 15) is 4.79 Å². The van der Waals surface area contributed by atoms with Gasteiger partial charge in [-0.25, -0.2) is 0 Å². The van der Waals surface area contributed by atoms with Gasteiger partial charge >= 0.3 is 0 Å². The number of benzene rings is 1. The molecule has 116 valence electrons. The molecule has 0 radical (unpaired) electrons. The van der Waals surface area contributed by atoms with Crippen LogP contribution in [-0.2, 0) is 11.2 Å². The second-order valence-corrected chi connectivity index (χ2v) is 6.38. The van der Waals surface area contributed by atoms with Gasteiger partial charge in [0.15, 0.2) is 17.6 Å². The van der Waals surface area contributed by atoms with E-state index >= 15 is 0 Å². The predicted octanol–water partition coefficient (Wildman–Crippen LogP) is 2.98. The van der Waals surface area contributed by atoms with Crippen molar-refractivity contribution in [2.45, 2.75) is 18.9 Å². The van der Waals surface area contributed by atoms with Gasteiger partial charge in [0.1, 0.15) is 6.61 Å². The number of aryl methyl sites for hydroxylation is 1. The average Bonchev–Trinajstić information content (AvgIpc) is 3.06. The highest BCUT2D eigenvalue weighted by molar-refractivity contribution is 7.09. The van der Waals surface area contributed by atoms with Crippen LogP contribution < -0.4 is 9.47 Å². The molecule has 1 aromatic carbocycles. The minimum absolute atomic E-state index is 0.120. The molecule has 5 heteroatoms. The average molecular weight is 317 g/mol. The Balaban J connectivity index is 1.49. The van der Waals surface area contributed by atoms with Crippen molar-refractivity contribution in [1.29, 1.82) is 0 Å². The van der Waals surface area contributed by atoms with E-state index in [0.29, 0.717) is 19.6 Å². The van der Waals surface area contributed by atoms with Crippen molar-refractivity contribution in [3.63, 3.8) is 0 Å². The van der Waals surface area contributed by atoms with Gasteiger partial charge in [0.05, 0.1) is 6.54 Å². The standard InChI is InChI=1S/C17H19NO3S/c1-18(17(19)9-8-14-5-4-10-22-14)11-13-12-20-15-6-2-3-7-16(15)21-13/h2-7,10,13H,8-9,11-12H2,1H3/t13-/m0/s1. The summed E-state index contributed by atoms with van der Waals surface area (Å²) in [6, 6.07) is 11.7. The first-order chi connectivity index (χ1) is 10.7. The first-order valence-corrected chi connectivity index (χ1v) is 8.25. The molecule has 3 rings (SSSR count). The van der Waals surface area contributed by atoms with E-state index < -0.39 is 0 Å². The monoisotopic (exact) mass is 317 g/mol. The molecule has 1 aliphatic rings. The number of rotatable bonds is 5. The van der Waals surface area contributed by atoms with E-state index in [0.717, 1.165) is 17.9 Å². The number of amides is 1. The molecule has 0 bridgehead atoms. The largest absolute Gasteiger partial charge is 0.486 e. The zero-order chi connectivity index (χ0) is 15.4. The SMILES string of the molecule is CN(C[C@H]1COc2ccccc2O1)C(=O)CCc1cccs1. The molecule has 0 saturated carbocycles. The Labute approximate surface area is 134 Å². The number of carbonyl (C=O) groups is 1. The fourth-order valence-corrected chi connectivity index (χ4v) is 3.15. The highest BCUT2D eigenvalue weighted by atomic mass is 32.1. The summed E-state index contributed by atoms with van der Waals surface area (Å²) in [7, 11) is 1.82. The third-order valence-corrected chi connectivity index (χ3v) is 4.57. The zero-order valence-electron chi connectivity index (χ0n) is 12.5. The molecule has 1 amide bonds. The molecule has 1 aromatic heterocycles. The topological polar surface area (TPSA) is 38.8 Å². The van der Waals surface area contributed by atoms with Gasteiger partial charge in [-0.05, 0) is 30.0 Å². The Morgan fingerprint density at radius 1 is 1.27 bits per heavy atom. The summed E-state index contributed by atoms with van der Waals surface area (Å²) in [5.74, 6) is 1.65. The Hall–Kier alpha value is -2.01. The highest BCUT2D eigenvalue weighted by Gasteiger charge is 2.23. The Bertz CT molecular complexity index is 627. The van der Waals surface area contributed by atoms with E-state index in [1.807, 2.05) is 42.8 Å². The molecule has 0 fully saturated rings. The summed E-state index contributed by atoms with van der Waals surface area (Å²) >= 11 is 1.69. The third-order valence-electron chi connectivity index (χ3n) is 3.64. The first kappa shape index (κ1) is 14.9. The number of nitrogens with zero attached hydrogens (tertiary/aromatic N) is 1. The smallest absolute Gasteiger partial charge is 0.222 e. The number of likely N-dealkylation sites (N-methyl/N-ethyl adjacent to an activating group) is 1. The second kappa shape index (κ2) is 6.83.